The van der Waals surface area contributed by atoms with Crippen molar-refractivity contribution in [2.24, 2.45) is 0 Å². The first kappa shape index (κ1) is 18.5. The highest BCUT2D eigenvalue weighted by Gasteiger charge is 2.29. The van der Waals surface area contributed by atoms with Gasteiger partial charge in [-0.25, -0.2) is 0 Å². The molecule has 0 spiro atoms. The smallest absolute Gasteiger partial charge is 0.268 e. The average Bonchev–Trinajstić information content (AvgIpc) is 3.13. The zero-order chi connectivity index (χ0) is 19.5. The lowest BCUT2D eigenvalue weighted by Gasteiger charge is -2.32. The van der Waals surface area contributed by atoms with Crippen LogP contribution in [0, 0.1) is 6.92 Å². The number of carbonyl (C=O) groups excluding carboxylic acids is 1. The number of carbonyl (C=O) groups is 1. The molecule has 28 heavy (non-hydrogen) atoms. The normalized spacial score (nSPS) is 19.5. The van der Waals surface area contributed by atoms with Crippen LogP contribution in [0.25, 0.3) is 10.9 Å². The van der Waals surface area contributed by atoms with Crippen LogP contribution in [0.5, 0.6) is 5.75 Å². The largest absolute Gasteiger partial charge is 0.486 e. The second kappa shape index (κ2) is 8.04. The van der Waals surface area contributed by atoms with Gasteiger partial charge in [0.25, 0.3) is 5.91 Å². The van der Waals surface area contributed by atoms with Crippen molar-refractivity contribution in [2.75, 3.05) is 13.2 Å². The molecule has 3 aromatic rings. The molecule has 4 rings (SSSR count). The van der Waals surface area contributed by atoms with Crippen LogP contribution in [0.15, 0.2) is 48.5 Å². The number of aliphatic hydroxyl groups excluding tert-OH is 1. The third-order valence-corrected chi connectivity index (χ3v) is 5.03. The van der Waals surface area contributed by atoms with Crippen LogP contribution in [0.2, 0.25) is 0 Å². The fraction of sp³-hybridized carbons (Fsp3) is 0.318. The standard InChI is InChI=1S/C22H24N2O4/c1-14-2-7-18-16(10-14)11-20(23-18)22(26)24-19-8-9-27-13-21(19)28-17-5-3-15(12-25)4-6-17/h2-7,10-11,19,21,23,25H,8-9,12-13H2,1H3,(H,24,26). The van der Waals surface area contributed by atoms with Crippen molar-refractivity contribution in [3.63, 3.8) is 0 Å². The number of ether oxygens (including phenoxy) is 2. The Balaban J connectivity index is 1.46. The van der Waals surface area contributed by atoms with Crippen LogP contribution < -0.4 is 10.1 Å². The predicted octanol–water partition coefficient (Wildman–Crippen LogP) is 2.93. The molecule has 2 aromatic carbocycles. The van der Waals surface area contributed by atoms with Crippen molar-refractivity contribution in [2.45, 2.75) is 32.1 Å². The summed E-state index contributed by atoms with van der Waals surface area (Å²) in [4.78, 5) is 16.0. The number of amides is 1. The van der Waals surface area contributed by atoms with Crippen molar-refractivity contribution in [3.05, 3.63) is 65.4 Å². The van der Waals surface area contributed by atoms with E-state index < -0.39 is 0 Å². The molecule has 0 radical (unpaired) electrons. The van der Waals surface area contributed by atoms with Crippen LogP contribution >= 0.6 is 0 Å². The number of hydrogen-bond acceptors (Lipinski definition) is 4. The maximum Gasteiger partial charge on any atom is 0.268 e. The SMILES string of the molecule is Cc1ccc2[nH]c(C(=O)NC3CCOCC3Oc3ccc(CO)cc3)cc2c1. The summed E-state index contributed by atoms with van der Waals surface area (Å²) in [6.45, 7) is 3.03. The molecule has 1 aromatic heterocycles. The molecule has 2 unspecified atom stereocenters. The van der Waals surface area contributed by atoms with Gasteiger partial charge in [0.2, 0.25) is 0 Å². The van der Waals surface area contributed by atoms with Crippen LogP contribution in [0.4, 0.5) is 0 Å². The van der Waals surface area contributed by atoms with E-state index in [-0.39, 0.29) is 24.7 Å². The number of aromatic amines is 1. The van der Waals surface area contributed by atoms with Gasteiger partial charge in [-0.15, -0.1) is 0 Å². The van der Waals surface area contributed by atoms with E-state index in [1.54, 1.807) is 0 Å². The van der Waals surface area contributed by atoms with E-state index in [1.807, 2.05) is 49.4 Å². The van der Waals surface area contributed by atoms with Crippen molar-refractivity contribution in [1.82, 2.24) is 10.3 Å². The van der Waals surface area contributed by atoms with Gasteiger partial charge in [-0.05, 0) is 49.2 Å². The minimum absolute atomic E-state index is 0.00444. The number of rotatable bonds is 5. The first-order chi connectivity index (χ1) is 13.6. The molecule has 0 aliphatic carbocycles. The van der Waals surface area contributed by atoms with Crippen LogP contribution in [-0.2, 0) is 11.3 Å². The highest BCUT2D eigenvalue weighted by Crippen LogP contribution is 2.20. The quantitative estimate of drug-likeness (QED) is 0.636. The Morgan fingerprint density at radius 2 is 2.07 bits per heavy atom. The molecule has 0 saturated carbocycles. The summed E-state index contributed by atoms with van der Waals surface area (Å²) in [7, 11) is 0. The molecule has 1 saturated heterocycles. The van der Waals surface area contributed by atoms with Gasteiger partial charge in [0.1, 0.15) is 17.5 Å². The molecule has 1 aliphatic rings. The van der Waals surface area contributed by atoms with Gasteiger partial charge in [-0.3, -0.25) is 4.79 Å². The average molecular weight is 380 g/mol. The molecule has 146 valence electrons. The molecule has 6 heteroatoms. The van der Waals surface area contributed by atoms with Crippen molar-refractivity contribution >= 4 is 16.8 Å². The number of aliphatic hydroxyl groups is 1. The Bertz CT molecular complexity index is 964. The summed E-state index contributed by atoms with van der Waals surface area (Å²) in [6, 6.07) is 15.1. The van der Waals surface area contributed by atoms with Crippen LogP contribution in [0.1, 0.15) is 28.0 Å². The minimum Gasteiger partial charge on any atom is -0.486 e. The van der Waals surface area contributed by atoms with E-state index >= 15 is 0 Å². The Kier molecular flexibility index (Phi) is 5.32. The molecular formula is C22H24N2O4. The van der Waals surface area contributed by atoms with Gasteiger partial charge in [-0.2, -0.15) is 0 Å². The van der Waals surface area contributed by atoms with Crippen molar-refractivity contribution in [3.8, 4) is 5.75 Å². The highest BCUT2D eigenvalue weighted by atomic mass is 16.5. The van der Waals surface area contributed by atoms with Crippen molar-refractivity contribution in [1.29, 1.82) is 0 Å². The summed E-state index contributed by atoms with van der Waals surface area (Å²) < 4.78 is 11.6. The monoisotopic (exact) mass is 380 g/mol. The van der Waals surface area contributed by atoms with Crippen LogP contribution in [0.3, 0.4) is 0 Å². The van der Waals surface area contributed by atoms with Gasteiger partial charge in [0.15, 0.2) is 0 Å². The number of aromatic nitrogens is 1. The van der Waals surface area contributed by atoms with E-state index in [0.29, 0.717) is 31.1 Å². The number of aryl methyl sites for hydroxylation is 1. The summed E-state index contributed by atoms with van der Waals surface area (Å²) in [5, 5.41) is 13.3. The molecule has 0 bridgehead atoms. The molecule has 1 fully saturated rings. The van der Waals surface area contributed by atoms with Gasteiger partial charge in [-0.1, -0.05) is 23.8 Å². The number of hydrogen-bond donors (Lipinski definition) is 3. The second-order valence-electron chi connectivity index (χ2n) is 7.18. The summed E-state index contributed by atoms with van der Waals surface area (Å²) in [5.74, 6) is 0.540. The molecule has 2 atom stereocenters. The molecule has 1 aliphatic heterocycles. The highest BCUT2D eigenvalue weighted by molar-refractivity contribution is 5.98. The maximum absolute atomic E-state index is 12.8. The Hall–Kier alpha value is -2.83. The predicted molar refractivity (Wildman–Crippen MR) is 107 cm³/mol. The van der Waals surface area contributed by atoms with Crippen molar-refractivity contribution < 1.29 is 19.4 Å². The van der Waals surface area contributed by atoms with E-state index in [9.17, 15) is 4.79 Å². The first-order valence-corrected chi connectivity index (χ1v) is 9.47. The third-order valence-electron chi connectivity index (χ3n) is 5.03. The van der Waals surface area contributed by atoms with E-state index in [1.165, 1.54) is 0 Å². The summed E-state index contributed by atoms with van der Waals surface area (Å²) in [5.41, 5.74) is 3.47. The fourth-order valence-electron chi connectivity index (χ4n) is 3.46. The first-order valence-electron chi connectivity index (χ1n) is 9.47. The lowest BCUT2D eigenvalue weighted by atomic mass is 10.1. The Morgan fingerprint density at radius 3 is 2.86 bits per heavy atom. The van der Waals surface area contributed by atoms with E-state index in [0.717, 1.165) is 22.0 Å². The molecule has 6 nitrogen and oxygen atoms in total. The van der Waals surface area contributed by atoms with Gasteiger partial charge < -0.3 is 24.9 Å². The molecule has 1 amide bonds. The van der Waals surface area contributed by atoms with Gasteiger partial charge >= 0.3 is 0 Å². The zero-order valence-corrected chi connectivity index (χ0v) is 15.8. The molecule has 2 heterocycles. The van der Waals surface area contributed by atoms with E-state index in [4.69, 9.17) is 14.6 Å². The molecule has 3 N–H and O–H groups in total. The summed E-state index contributed by atoms with van der Waals surface area (Å²) >= 11 is 0. The lowest BCUT2D eigenvalue weighted by molar-refractivity contribution is -0.0135. The number of fused-ring (bicyclic) bond motifs is 1. The Labute approximate surface area is 163 Å². The third kappa shape index (κ3) is 4.03. The number of nitrogens with one attached hydrogen (secondary N) is 2. The number of benzene rings is 2. The van der Waals surface area contributed by atoms with Gasteiger partial charge in [0, 0.05) is 17.5 Å². The lowest BCUT2D eigenvalue weighted by Crippen LogP contribution is -2.51. The van der Waals surface area contributed by atoms with Crippen LogP contribution in [-0.4, -0.2) is 41.4 Å². The maximum atomic E-state index is 12.8. The Morgan fingerprint density at radius 1 is 1.25 bits per heavy atom. The minimum atomic E-state index is -0.274. The van der Waals surface area contributed by atoms with Gasteiger partial charge in [0.05, 0.1) is 19.3 Å². The van der Waals surface area contributed by atoms with E-state index in [2.05, 4.69) is 16.4 Å². The number of H-pyrrole nitrogens is 1. The summed E-state index contributed by atoms with van der Waals surface area (Å²) in [6.07, 6.45) is 0.411. The topological polar surface area (TPSA) is 83.6 Å². The fourth-order valence-corrected chi connectivity index (χ4v) is 3.46. The molecular weight excluding hydrogens is 356 g/mol. The second-order valence-corrected chi connectivity index (χ2v) is 7.18. The zero-order valence-electron chi connectivity index (χ0n) is 15.8.